The number of amides is 2. The zero-order valence-electron chi connectivity index (χ0n) is 11.0. The average molecular weight is 238 g/mol. The molecule has 96 valence electrons. The van der Waals surface area contributed by atoms with Crippen molar-refractivity contribution in [3.8, 4) is 0 Å². The summed E-state index contributed by atoms with van der Waals surface area (Å²) < 4.78 is 0. The van der Waals surface area contributed by atoms with Crippen molar-refractivity contribution in [3.05, 3.63) is 0 Å². The van der Waals surface area contributed by atoms with E-state index in [1.165, 1.54) is 6.42 Å². The molecule has 1 atom stereocenters. The molecule has 0 bridgehead atoms. The molecule has 0 aromatic heterocycles. The van der Waals surface area contributed by atoms with E-state index in [2.05, 4.69) is 12.2 Å². The van der Waals surface area contributed by atoms with Crippen LogP contribution in [0.15, 0.2) is 0 Å². The molecule has 1 heterocycles. The van der Waals surface area contributed by atoms with E-state index in [0.29, 0.717) is 19.4 Å². The summed E-state index contributed by atoms with van der Waals surface area (Å²) in [6.07, 6.45) is 4.38. The molecule has 2 amide bonds. The average Bonchev–Trinajstić information content (AvgIpc) is 2.36. The number of nitrogens with one attached hydrogen (secondary N) is 1. The quantitative estimate of drug-likeness (QED) is 0.791. The Labute approximate surface area is 103 Å². The van der Waals surface area contributed by atoms with E-state index in [0.717, 1.165) is 12.8 Å². The number of carbonyl (C=O) groups excluding carboxylic acids is 2. The Morgan fingerprint density at radius 3 is 2.41 bits per heavy atom. The Morgan fingerprint density at radius 2 is 1.94 bits per heavy atom. The maximum atomic E-state index is 12.6. The van der Waals surface area contributed by atoms with Crippen LogP contribution >= 0.6 is 0 Å². The minimum atomic E-state index is -0.716. The topological polar surface area (TPSA) is 49.4 Å². The first-order chi connectivity index (χ1) is 7.91. The number of nitrogens with zero attached hydrogens (tertiary/aromatic N) is 1. The van der Waals surface area contributed by atoms with Crippen LogP contribution in [-0.2, 0) is 9.59 Å². The third-order valence-corrected chi connectivity index (χ3v) is 4.48. The standard InChI is InChI=1S/C13H22N2O2/c1-4-13(3)11(17)15(9-6-10(16)14-13)12(2)7-5-8-12/h4-9H2,1-3H3,(H,14,16). The van der Waals surface area contributed by atoms with E-state index in [1.807, 2.05) is 18.7 Å². The van der Waals surface area contributed by atoms with Crippen molar-refractivity contribution in [2.45, 2.75) is 64.0 Å². The van der Waals surface area contributed by atoms with Crippen LogP contribution in [-0.4, -0.2) is 34.3 Å². The van der Waals surface area contributed by atoms with Gasteiger partial charge in [-0.1, -0.05) is 6.92 Å². The lowest BCUT2D eigenvalue weighted by Crippen LogP contribution is -2.61. The molecule has 0 radical (unpaired) electrons. The zero-order valence-corrected chi connectivity index (χ0v) is 11.0. The smallest absolute Gasteiger partial charge is 0.248 e. The van der Waals surface area contributed by atoms with Gasteiger partial charge in [-0.2, -0.15) is 0 Å². The number of hydrogen-bond donors (Lipinski definition) is 1. The molecule has 4 nitrogen and oxygen atoms in total. The summed E-state index contributed by atoms with van der Waals surface area (Å²) in [4.78, 5) is 26.2. The second-order valence-electron chi connectivity index (χ2n) is 5.79. The monoisotopic (exact) mass is 238 g/mol. The highest BCUT2D eigenvalue weighted by Crippen LogP contribution is 2.39. The Hall–Kier alpha value is -1.06. The molecule has 17 heavy (non-hydrogen) atoms. The van der Waals surface area contributed by atoms with Crippen molar-refractivity contribution in [1.29, 1.82) is 0 Å². The van der Waals surface area contributed by atoms with Gasteiger partial charge in [-0.25, -0.2) is 0 Å². The SMILES string of the molecule is CCC1(C)NC(=O)CCN(C2(C)CCC2)C1=O. The first kappa shape index (κ1) is 12.4. The summed E-state index contributed by atoms with van der Waals surface area (Å²) in [6.45, 7) is 6.50. The first-order valence-electron chi connectivity index (χ1n) is 6.54. The molecule has 1 unspecified atom stereocenters. The Morgan fingerprint density at radius 1 is 1.29 bits per heavy atom. The third-order valence-electron chi connectivity index (χ3n) is 4.48. The van der Waals surface area contributed by atoms with Crippen molar-refractivity contribution in [2.24, 2.45) is 0 Å². The van der Waals surface area contributed by atoms with Crippen molar-refractivity contribution in [1.82, 2.24) is 10.2 Å². The van der Waals surface area contributed by atoms with Gasteiger partial charge in [-0.05, 0) is 39.5 Å². The van der Waals surface area contributed by atoms with Crippen LogP contribution in [0.25, 0.3) is 0 Å². The molecule has 4 heteroatoms. The molecule has 0 spiro atoms. The fourth-order valence-electron chi connectivity index (χ4n) is 2.75. The van der Waals surface area contributed by atoms with Crippen LogP contribution in [0.3, 0.4) is 0 Å². The van der Waals surface area contributed by atoms with Crippen molar-refractivity contribution >= 4 is 11.8 Å². The largest absolute Gasteiger partial charge is 0.342 e. The zero-order chi connectivity index (χ0) is 12.7. The van der Waals surface area contributed by atoms with Crippen LogP contribution in [0.2, 0.25) is 0 Å². The summed E-state index contributed by atoms with van der Waals surface area (Å²) in [6, 6.07) is 0. The summed E-state index contributed by atoms with van der Waals surface area (Å²) in [7, 11) is 0. The van der Waals surface area contributed by atoms with Gasteiger partial charge in [0.2, 0.25) is 11.8 Å². The fraction of sp³-hybridized carbons (Fsp3) is 0.846. The van der Waals surface area contributed by atoms with Gasteiger partial charge >= 0.3 is 0 Å². The lowest BCUT2D eigenvalue weighted by Gasteiger charge is -2.49. The number of rotatable bonds is 2. The van der Waals surface area contributed by atoms with Crippen LogP contribution in [0, 0.1) is 0 Å². The molecule has 0 aromatic rings. The Kier molecular flexibility index (Phi) is 2.92. The molecule has 1 aliphatic carbocycles. The van der Waals surface area contributed by atoms with Gasteiger partial charge in [-0.15, -0.1) is 0 Å². The number of carbonyl (C=O) groups is 2. The van der Waals surface area contributed by atoms with Crippen LogP contribution in [0.4, 0.5) is 0 Å². The van der Waals surface area contributed by atoms with E-state index < -0.39 is 5.54 Å². The highest BCUT2D eigenvalue weighted by atomic mass is 16.2. The van der Waals surface area contributed by atoms with Crippen molar-refractivity contribution in [3.63, 3.8) is 0 Å². The van der Waals surface area contributed by atoms with E-state index >= 15 is 0 Å². The summed E-state index contributed by atoms with van der Waals surface area (Å²) in [5.41, 5.74) is -0.730. The van der Waals surface area contributed by atoms with Gasteiger partial charge in [0, 0.05) is 18.5 Å². The molecule has 1 saturated heterocycles. The molecule has 2 rings (SSSR count). The fourth-order valence-corrected chi connectivity index (χ4v) is 2.75. The maximum absolute atomic E-state index is 12.6. The van der Waals surface area contributed by atoms with E-state index in [9.17, 15) is 9.59 Å². The second-order valence-corrected chi connectivity index (χ2v) is 5.79. The van der Waals surface area contributed by atoms with Gasteiger partial charge < -0.3 is 10.2 Å². The van der Waals surface area contributed by atoms with Gasteiger partial charge in [0.05, 0.1) is 0 Å². The first-order valence-corrected chi connectivity index (χ1v) is 6.54. The molecule has 1 saturated carbocycles. The van der Waals surface area contributed by atoms with Crippen LogP contribution in [0.5, 0.6) is 0 Å². The Bertz CT molecular complexity index is 349. The molecular weight excluding hydrogens is 216 g/mol. The third kappa shape index (κ3) is 1.94. The summed E-state index contributed by atoms with van der Waals surface area (Å²) in [5.74, 6) is 0.0844. The Balaban J connectivity index is 2.27. The minimum absolute atomic E-state index is 0.00637. The van der Waals surface area contributed by atoms with Gasteiger partial charge in [0.1, 0.15) is 5.54 Å². The summed E-state index contributed by atoms with van der Waals surface area (Å²) >= 11 is 0. The minimum Gasteiger partial charge on any atom is -0.342 e. The van der Waals surface area contributed by atoms with E-state index in [4.69, 9.17) is 0 Å². The van der Waals surface area contributed by atoms with Gasteiger partial charge in [-0.3, -0.25) is 9.59 Å². The lowest BCUT2D eigenvalue weighted by atomic mass is 9.76. The lowest BCUT2D eigenvalue weighted by molar-refractivity contribution is -0.146. The number of hydrogen-bond acceptors (Lipinski definition) is 2. The molecular formula is C13H22N2O2. The van der Waals surface area contributed by atoms with Crippen LogP contribution < -0.4 is 5.32 Å². The highest BCUT2D eigenvalue weighted by Gasteiger charge is 2.47. The summed E-state index contributed by atoms with van der Waals surface area (Å²) in [5, 5.41) is 2.87. The highest BCUT2D eigenvalue weighted by molar-refractivity contribution is 5.93. The van der Waals surface area contributed by atoms with E-state index in [-0.39, 0.29) is 17.4 Å². The van der Waals surface area contributed by atoms with E-state index in [1.54, 1.807) is 0 Å². The molecule has 2 fully saturated rings. The predicted molar refractivity (Wildman–Crippen MR) is 65.4 cm³/mol. The molecule has 1 N–H and O–H groups in total. The van der Waals surface area contributed by atoms with Crippen molar-refractivity contribution in [2.75, 3.05) is 6.54 Å². The normalized spacial score (nSPS) is 32.8. The van der Waals surface area contributed by atoms with Gasteiger partial charge in [0.15, 0.2) is 0 Å². The van der Waals surface area contributed by atoms with Gasteiger partial charge in [0.25, 0.3) is 0 Å². The second kappa shape index (κ2) is 4.00. The molecule has 2 aliphatic rings. The van der Waals surface area contributed by atoms with Crippen LogP contribution in [0.1, 0.15) is 52.9 Å². The molecule has 1 aliphatic heterocycles. The maximum Gasteiger partial charge on any atom is 0.248 e. The molecule has 0 aromatic carbocycles. The van der Waals surface area contributed by atoms with Crippen molar-refractivity contribution < 1.29 is 9.59 Å². The predicted octanol–water partition coefficient (Wildman–Crippen LogP) is 1.45.